The van der Waals surface area contributed by atoms with E-state index in [0.717, 1.165) is 14.6 Å². The molecule has 168 valence electrons. The number of nitrogens with zero attached hydrogens (tertiary/aromatic N) is 3. The van der Waals surface area contributed by atoms with Crippen molar-refractivity contribution in [1.82, 2.24) is 9.55 Å². The molecule has 33 heavy (non-hydrogen) atoms. The summed E-state index contributed by atoms with van der Waals surface area (Å²) in [6, 6.07) is 17.4. The van der Waals surface area contributed by atoms with Crippen molar-refractivity contribution in [3.63, 3.8) is 0 Å². The number of thioether (sulfide) groups is 1. The molecule has 11 heteroatoms. The third-order valence-electron chi connectivity index (χ3n) is 4.68. The number of aromatic nitrogens is 2. The first-order valence-corrected chi connectivity index (χ1v) is 12.1. The van der Waals surface area contributed by atoms with Crippen LogP contribution in [0.2, 0.25) is 0 Å². The van der Waals surface area contributed by atoms with Gasteiger partial charge in [0.2, 0.25) is 5.91 Å². The summed E-state index contributed by atoms with van der Waals surface area (Å²) in [5.74, 6) is 0.483. The Morgan fingerprint density at radius 3 is 2.70 bits per heavy atom. The lowest BCUT2D eigenvalue weighted by Crippen LogP contribution is -2.15. The van der Waals surface area contributed by atoms with Gasteiger partial charge in [-0.05, 0) is 52.3 Å². The summed E-state index contributed by atoms with van der Waals surface area (Å²) in [6.45, 7) is 0. The smallest absolute Gasteiger partial charge is 0.271 e. The van der Waals surface area contributed by atoms with Crippen molar-refractivity contribution in [2.75, 3.05) is 18.2 Å². The monoisotopic (exact) mass is 590 g/mol. The number of amides is 1. The van der Waals surface area contributed by atoms with Gasteiger partial charge in [0.15, 0.2) is 5.16 Å². The summed E-state index contributed by atoms with van der Waals surface area (Å²) in [5.41, 5.74) is 2.44. The normalized spacial score (nSPS) is 10.9. The van der Waals surface area contributed by atoms with Crippen molar-refractivity contribution in [3.8, 4) is 11.4 Å². The second kappa shape index (κ2) is 9.94. The highest BCUT2D eigenvalue weighted by Gasteiger charge is 2.19. The van der Waals surface area contributed by atoms with Crippen LogP contribution < -0.4 is 10.1 Å². The van der Waals surface area contributed by atoms with Crippen LogP contribution in [-0.2, 0) is 4.79 Å². The van der Waals surface area contributed by atoms with Gasteiger partial charge < -0.3 is 10.1 Å². The lowest BCUT2D eigenvalue weighted by molar-refractivity contribution is -0.384. The fraction of sp³-hybridized carbons (Fsp3) is 0.0909. The average Bonchev–Trinajstić information content (AvgIpc) is 3.16. The predicted octanol–water partition coefficient (Wildman–Crippen LogP) is 6.20. The minimum Gasteiger partial charge on any atom is -0.495 e. The zero-order valence-electron chi connectivity index (χ0n) is 17.1. The molecule has 3 aromatic carbocycles. The standard InChI is InChI=1S/C22H16Br2N4O4S/c1-32-20-5-3-2-4-19(20)27-18-9-7-14(28(30)31)11-17(18)26-22(27)33-12-21(29)25-16-8-6-13(23)10-15(16)24/h2-11H,12H2,1H3,(H,25,29). The number of non-ortho nitro benzene ring substituents is 1. The van der Waals surface area contributed by atoms with Gasteiger partial charge in [0.25, 0.3) is 5.69 Å². The molecule has 1 N–H and O–H groups in total. The van der Waals surface area contributed by atoms with Gasteiger partial charge in [0.1, 0.15) is 5.75 Å². The first kappa shape index (κ1) is 23.3. The SMILES string of the molecule is COc1ccccc1-n1c(SCC(=O)Nc2ccc(Br)cc2Br)nc2cc([N+](=O)[O-])ccc21. The van der Waals surface area contributed by atoms with Crippen LogP contribution in [0.15, 0.2) is 74.8 Å². The van der Waals surface area contributed by atoms with E-state index in [1.54, 1.807) is 19.2 Å². The second-order valence-electron chi connectivity index (χ2n) is 6.79. The molecule has 0 atom stereocenters. The van der Waals surface area contributed by atoms with Gasteiger partial charge in [-0.15, -0.1) is 0 Å². The Labute approximate surface area is 209 Å². The third-order valence-corrected chi connectivity index (χ3v) is 6.77. The van der Waals surface area contributed by atoms with Crippen molar-refractivity contribution in [3.05, 3.63) is 79.7 Å². The quantitative estimate of drug-likeness (QED) is 0.156. The van der Waals surface area contributed by atoms with E-state index in [2.05, 4.69) is 42.2 Å². The topological polar surface area (TPSA) is 99.3 Å². The summed E-state index contributed by atoms with van der Waals surface area (Å²) in [5, 5.41) is 14.6. The molecule has 0 fully saturated rings. The van der Waals surface area contributed by atoms with E-state index >= 15 is 0 Å². The van der Waals surface area contributed by atoms with Crippen molar-refractivity contribution in [2.24, 2.45) is 0 Å². The Morgan fingerprint density at radius 1 is 1.18 bits per heavy atom. The fourth-order valence-electron chi connectivity index (χ4n) is 3.21. The summed E-state index contributed by atoms with van der Waals surface area (Å²) >= 11 is 8.05. The van der Waals surface area contributed by atoms with Crippen LogP contribution in [0, 0.1) is 10.1 Å². The van der Waals surface area contributed by atoms with Crippen LogP contribution in [0.25, 0.3) is 16.7 Å². The fourth-order valence-corrected chi connectivity index (χ4v) is 5.18. The lowest BCUT2D eigenvalue weighted by Gasteiger charge is -2.13. The molecule has 0 saturated carbocycles. The van der Waals surface area contributed by atoms with Crippen LogP contribution in [0.5, 0.6) is 5.75 Å². The number of nitro groups is 1. The maximum Gasteiger partial charge on any atom is 0.271 e. The lowest BCUT2D eigenvalue weighted by atomic mass is 10.2. The molecule has 1 heterocycles. The van der Waals surface area contributed by atoms with E-state index in [1.165, 1.54) is 23.9 Å². The van der Waals surface area contributed by atoms with E-state index in [0.29, 0.717) is 27.6 Å². The molecule has 1 amide bonds. The van der Waals surface area contributed by atoms with Crippen molar-refractivity contribution in [1.29, 1.82) is 0 Å². The number of hydrogen-bond donors (Lipinski definition) is 1. The number of nitro benzene ring substituents is 1. The van der Waals surface area contributed by atoms with Crippen molar-refractivity contribution >= 4 is 71.9 Å². The van der Waals surface area contributed by atoms with E-state index in [1.807, 2.05) is 41.0 Å². The van der Waals surface area contributed by atoms with E-state index in [4.69, 9.17) is 4.74 Å². The molecule has 4 rings (SSSR count). The number of para-hydroxylation sites is 2. The second-order valence-corrected chi connectivity index (χ2v) is 9.51. The van der Waals surface area contributed by atoms with Crippen LogP contribution in [0.3, 0.4) is 0 Å². The molecular formula is C22H16Br2N4O4S. The molecule has 0 aliphatic rings. The largest absolute Gasteiger partial charge is 0.495 e. The van der Waals surface area contributed by atoms with Gasteiger partial charge in [0.05, 0.1) is 40.2 Å². The molecule has 1 aromatic heterocycles. The predicted molar refractivity (Wildman–Crippen MR) is 135 cm³/mol. The highest BCUT2D eigenvalue weighted by Crippen LogP contribution is 2.34. The van der Waals surface area contributed by atoms with Crippen molar-refractivity contribution in [2.45, 2.75) is 5.16 Å². The summed E-state index contributed by atoms with van der Waals surface area (Å²) in [6.07, 6.45) is 0. The number of methoxy groups -OCH3 is 1. The zero-order chi connectivity index (χ0) is 23.5. The van der Waals surface area contributed by atoms with Gasteiger partial charge in [0, 0.05) is 21.1 Å². The highest BCUT2D eigenvalue weighted by molar-refractivity contribution is 9.11. The first-order valence-electron chi connectivity index (χ1n) is 9.55. The Bertz CT molecular complexity index is 1380. The number of imidazole rings is 1. The number of ether oxygens (including phenoxy) is 1. The number of carbonyl (C=O) groups excluding carboxylic acids is 1. The molecule has 0 bridgehead atoms. The van der Waals surface area contributed by atoms with Crippen LogP contribution in [0.4, 0.5) is 11.4 Å². The van der Waals surface area contributed by atoms with Gasteiger partial charge in [-0.1, -0.05) is 39.8 Å². The number of halogens is 2. The highest BCUT2D eigenvalue weighted by atomic mass is 79.9. The Hall–Kier alpha value is -2.89. The third kappa shape index (κ3) is 5.05. The molecule has 0 radical (unpaired) electrons. The van der Waals surface area contributed by atoms with Crippen LogP contribution in [-0.4, -0.2) is 33.2 Å². The molecule has 0 saturated heterocycles. The molecule has 4 aromatic rings. The van der Waals surface area contributed by atoms with Gasteiger partial charge in [-0.3, -0.25) is 19.5 Å². The maximum atomic E-state index is 12.6. The maximum absolute atomic E-state index is 12.6. The number of rotatable bonds is 7. The van der Waals surface area contributed by atoms with E-state index < -0.39 is 4.92 Å². The Balaban J connectivity index is 1.68. The van der Waals surface area contributed by atoms with Gasteiger partial charge in [-0.2, -0.15) is 0 Å². The molecular weight excluding hydrogens is 576 g/mol. The number of benzene rings is 3. The van der Waals surface area contributed by atoms with E-state index in [9.17, 15) is 14.9 Å². The van der Waals surface area contributed by atoms with Gasteiger partial charge >= 0.3 is 0 Å². The van der Waals surface area contributed by atoms with Crippen molar-refractivity contribution < 1.29 is 14.5 Å². The Kier molecular flexibility index (Phi) is 7.01. The average molecular weight is 592 g/mol. The summed E-state index contributed by atoms with van der Waals surface area (Å²) in [7, 11) is 1.57. The Morgan fingerprint density at radius 2 is 1.97 bits per heavy atom. The minimum absolute atomic E-state index is 0.0541. The summed E-state index contributed by atoms with van der Waals surface area (Å²) < 4.78 is 8.99. The number of anilines is 1. The minimum atomic E-state index is -0.460. The molecule has 0 aliphatic heterocycles. The number of fused-ring (bicyclic) bond motifs is 1. The van der Waals surface area contributed by atoms with E-state index in [-0.39, 0.29) is 17.3 Å². The zero-order valence-corrected chi connectivity index (χ0v) is 21.1. The molecule has 8 nitrogen and oxygen atoms in total. The number of nitrogens with one attached hydrogen (secondary N) is 1. The van der Waals surface area contributed by atoms with Crippen LogP contribution in [0.1, 0.15) is 0 Å². The number of hydrogen-bond acceptors (Lipinski definition) is 6. The van der Waals surface area contributed by atoms with Gasteiger partial charge in [-0.25, -0.2) is 4.98 Å². The molecule has 0 unspecified atom stereocenters. The first-order chi connectivity index (χ1) is 15.9. The molecule has 0 aliphatic carbocycles. The molecule has 0 spiro atoms. The number of carbonyl (C=O) groups is 1. The summed E-state index contributed by atoms with van der Waals surface area (Å²) in [4.78, 5) is 28.0. The van der Waals surface area contributed by atoms with Crippen LogP contribution >= 0.6 is 43.6 Å².